The van der Waals surface area contributed by atoms with Crippen LogP contribution in [0.5, 0.6) is 11.5 Å². The lowest BCUT2D eigenvalue weighted by Crippen LogP contribution is -1.91. The van der Waals surface area contributed by atoms with Gasteiger partial charge in [-0.15, -0.1) is 0 Å². The van der Waals surface area contributed by atoms with Crippen LogP contribution in [0.2, 0.25) is 0 Å². The maximum Gasteiger partial charge on any atom is 0.180 e. The van der Waals surface area contributed by atoms with E-state index < -0.39 is 0 Å². The van der Waals surface area contributed by atoms with E-state index in [0.29, 0.717) is 28.4 Å². The predicted molar refractivity (Wildman–Crippen MR) is 73.7 cm³/mol. The van der Waals surface area contributed by atoms with E-state index in [9.17, 15) is 4.39 Å². The van der Waals surface area contributed by atoms with Gasteiger partial charge in [-0.25, -0.2) is 9.37 Å². The molecule has 5 heteroatoms. The minimum Gasteiger partial charge on any atom is -0.496 e. The second kappa shape index (κ2) is 4.85. The molecule has 0 aliphatic heterocycles. The minimum atomic E-state index is -0.369. The fraction of sp³-hybridized carbons (Fsp3) is 0.133. The Morgan fingerprint density at radius 2 is 1.80 bits per heavy atom. The maximum atomic E-state index is 14.1. The summed E-state index contributed by atoms with van der Waals surface area (Å²) in [4.78, 5) is 4.44. The number of fused-ring (bicyclic) bond motifs is 1. The normalized spacial score (nSPS) is 10.8. The summed E-state index contributed by atoms with van der Waals surface area (Å²) in [6, 6.07) is 8.35. The maximum absolute atomic E-state index is 14.1. The van der Waals surface area contributed by atoms with Crippen molar-refractivity contribution in [2.45, 2.75) is 0 Å². The van der Waals surface area contributed by atoms with Crippen molar-refractivity contribution in [2.75, 3.05) is 14.2 Å². The van der Waals surface area contributed by atoms with E-state index >= 15 is 0 Å². The third-order valence-corrected chi connectivity index (χ3v) is 3.12. The molecule has 0 radical (unpaired) electrons. The highest BCUT2D eigenvalue weighted by atomic mass is 19.1. The Balaban J connectivity index is 2.26. The van der Waals surface area contributed by atoms with E-state index in [4.69, 9.17) is 9.47 Å². The van der Waals surface area contributed by atoms with Gasteiger partial charge in [0, 0.05) is 12.4 Å². The van der Waals surface area contributed by atoms with E-state index in [1.165, 1.54) is 13.2 Å². The van der Waals surface area contributed by atoms with E-state index in [-0.39, 0.29) is 5.82 Å². The molecule has 3 rings (SSSR count). The van der Waals surface area contributed by atoms with Crippen LogP contribution in [-0.2, 0) is 0 Å². The molecule has 0 aliphatic rings. The first-order valence-corrected chi connectivity index (χ1v) is 6.09. The highest BCUT2D eigenvalue weighted by Crippen LogP contribution is 2.33. The van der Waals surface area contributed by atoms with E-state index in [2.05, 4.69) is 4.98 Å². The quantitative estimate of drug-likeness (QED) is 0.734. The number of aromatic nitrogens is 2. The SMILES string of the molecule is COc1cccc(F)c1-c1cn2cccc(OC)c2n1. The number of benzene rings is 1. The average molecular weight is 272 g/mol. The first kappa shape index (κ1) is 12.5. The number of methoxy groups -OCH3 is 2. The lowest BCUT2D eigenvalue weighted by molar-refractivity contribution is 0.413. The second-order valence-corrected chi connectivity index (χ2v) is 4.25. The molecule has 0 spiro atoms. The molecule has 20 heavy (non-hydrogen) atoms. The lowest BCUT2D eigenvalue weighted by atomic mass is 10.1. The van der Waals surface area contributed by atoms with Crippen LogP contribution in [0.25, 0.3) is 16.9 Å². The third kappa shape index (κ3) is 1.87. The monoisotopic (exact) mass is 272 g/mol. The van der Waals surface area contributed by atoms with Gasteiger partial charge in [-0.3, -0.25) is 0 Å². The van der Waals surface area contributed by atoms with Crippen molar-refractivity contribution >= 4 is 5.65 Å². The third-order valence-electron chi connectivity index (χ3n) is 3.12. The molecule has 0 saturated carbocycles. The Labute approximate surface area is 115 Å². The van der Waals surface area contributed by atoms with Crippen LogP contribution in [0, 0.1) is 5.82 Å². The van der Waals surface area contributed by atoms with E-state index in [1.54, 1.807) is 29.8 Å². The molecule has 0 amide bonds. The van der Waals surface area contributed by atoms with Gasteiger partial charge in [-0.05, 0) is 24.3 Å². The summed E-state index contributed by atoms with van der Waals surface area (Å²) in [5, 5.41) is 0. The molecule has 0 bridgehead atoms. The number of ether oxygens (including phenoxy) is 2. The first-order chi connectivity index (χ1) is 9.74. The van der Waals surface area contributed by atoms with Crippen LogP contribution in [-0.4, -0.2) is 23.6 Å². The Kier molecular flexibility index (Phi) is 3.02. The van der Waals surface area contributed by atoms with Gasteiger partial charge in [-0.2, -0.15) is 0 Å². The highest BCUT2D eigenvalue weighted by molar-refractivity contribution is 5.71. The van der Waals surface area contributed by atoms with Crippen molar-refractivity contribution in [3.05, 3.63) is 48.5 Å². The standard InChI is InChI=1S/C15H13FN2O2/c1-19-12-6-3-5-10(16)14(12)11-9-18-8-4-7-13(20-2)15(18)17-11/h3-9H,1-2H3. The molecule has 0 N–H and O–H groups in total. The van der Waals surface area contributed by atoms with Gasteiger partial charge < -0.3 is 13.9 Å². The van der Waals surface area contributed by atoms with Crippen LogP contribution >= 0.6 is 0 Å². The number of pyridine rings is 1. The van der Waals surface area contributed by atoms with Crippen LogP contribution in [0.15, 0.2) is 42.7 Å². The Morgan fingerprint density at radius 3 is 2.55 bits per heavy atom. The van der Waals surface area contributed by atoms with Crippen LogP contribution in [0.1, 0.15) is 0 Å². The molecule has 0 aliphatic carbocycles. The fourth-order valence-electron chi connectivity index (χ4n) is 2.19. The summed E-state index contributed by atoms with van der Waals surface area (Å²) in [5.41, 5.74) is 1.49. The molecule has 0 unspecified atom stereocenters. The summed E-state index contributed by atoms with van der Waals surface area (Å²) < 4.78 is 26.3. The summed E-state index contributed by atoms with van der Waals surface area (Å²) >= 11 is 0. The van der Waals surface area contributed by atoms with Crippen LogP contribution in [0.3, 0.4) is 0 Å². The van der Waals surface area contributed by atoms with Crippen molar-refractivity contribution in [3.63, 3.8) is 0 Å². The molecular weight excluding hydrogens is 259 g/mol. The largest absolute Gasteiger partial charge is 0.496 e. The summed E-state index contributed by atoms with van der Waals surface area (Å²) in [7, 11) is 3.09. The molecule has 0 fully saturated rings. The molecule has 0 atom stereocenters. The lowest BCUT2D eigenvalue weighted by Gasteiger charge is -2.06. The smallest absolute Gasteiger partial charge is 0.180 e. The van der Waals surface area contributed by atoms with Crippen molar-refractivity contribution in [1.82, 2.24) is 9.38 Å². The molecule has 2 aromatic heterocycles. The van der Waals surface area contributed by atoms with Gasteiger partial charge in [0.1, 0.15) is 11.6 Å². The summed E-state index contributed by atoms with van der Waals surface area (Å²) in [6.45, 7) is 0. The van der Waals surface area contributed by atoms with Gasteiger partial charge in [0.05, 0.1) is 25.5 Å². The number of halogens is 1. The molecule has 102 valence electrons. The molecule has 4 nitrogen and oxygen atoms in total. The molecule has 1 aromatic carbocycles. The van der Waals surface area contributed by atoms with Crippen molar-refractivity contribution in [3.8, 4) is 22.8 Å². The number of nitrogens with zero attached hydrogens (tertiary/aromatic N) is 2. The van der Waals surface area contributed by atoms with Crippen LogP contribution < -0.4 is 9.47 Å². The van der Waals surface area contributed by atoms with Gasteiger partial charge in [0.25, 0.3) is 0 Å². The summed E-state index contributed by atoms with van der Waals surface area (Å²) in [6.07, 6.45) is 3.58. The van der Waals surface area contributed by atoms with E-state index in [1.807, 2.05) is 18.3 Å². The van der Waals surface area contributed by atoms with Crippen molar-refractivity contribution in [2.24, 2.45) is 0 Å². The van der Waals surface area contributed by atoms with Gasteiger partial charge >= 0.3 is 0 Å². The molecule has 0 saturated heterocycles. The molecule has 3 aromatic rings. The average Bonchev–Trinajstić information content (AvgIpc) is 2.90. The number of imidazole rings is 1. The topological polar surface area (TPSA) is 35.8 Å². The zero-order valence-electron chi connectivity index (χ0n) is 11.1. The molecule has 2 heterocycles. The summed E-state index contributed by atoms with van der Waals surface area (Å²) in [5.74, 6) is 0.716. The Morgan fingerprint density at radius 1 is 1.05 bits per heavy atom. The predicted octanol–water partition coefficient (Wildman–Crippen LogP) is 3.16. The molecular formula is C15H13FN2O2. The zero-order chi connectivity index (χ0) is 14.1. The van der Waals surface area contributed by atoms with Gasteiger partial charge in [0.15, 0.2) is 11.4 Å². The van der Waals surface area contributed by atoms with E-state index in [0.717, 1.165) is 0 Å². The minimum absolute atomic E-state index is 0.348. The first-order valence-electron chi connectivity index (χ1n) is 6.09. The zero-order valence-corrected chi connectivity index (χ0v) is 11.1. The number of hydrogen-bond donors (Lipinski definition) is 0. The number of rotatable bonds is 3. The number of hydrogen-bond acceptors (Lipinski definition) is 3. The highest BCUT2D eigenvalue weighted by Gasteiger charge is 2.16. The van der Waals surface area contributed by atoms with Gasteiger partial charge in [0.2, 0.25) is 0 Å². The second-order valence-electron chi connectivity index (χ2n) is 4.25. The van der Waals surface area contributed by atoms with Crippen molar-refractivity contribution < 1.29 is 13.9 Å². The van der Waals surface area contributed by atoms with Crippen LogP contribution in [0.4, 0.5) is 4.39 Å². The van der Waals surface area contributed by atoms with Crippen molar-refractivity contribution in [1.29, 1.82) is 0 Å². The Bertz CT molecular complexity index is 768. The fourth-order valence-corrected chi connectivity index (χ4v) is 2.19. The Hall–Kier alpha value is -2.56. The van der Waals surface area contributed by atoms with Gasteiger partial charge in [-0.1, -0.05) is 6.07 Å².